The largest absolute Gasteiger partial charge is 0.433 e. The number of nitrogens with zero attached hydrogens (tertiary/aromatic N) is 2. The van der Waals surface area contributed by atoms with Crippen molar-refractivity contribution in [3.05, 3.63) is 23.4 Å². The number of alkyl halides is 3. The molecule has 2 fully saturated rings. The molecule has 112 valence electrons. The van der Waals surface area contributed by atoms with Crippen LogP contribution in [0.1, 0.15) is 30.5 Å². The second kappa shape index (κ2) is 5.19. The van der Waals surface area contributed by atoms with Crippen molar-refractivity contribution in [3.63, 3.8) is 0 Å². The van der Waals surface area contributed by atoms with Crippen LogP contribution in [0.5, 0.6) is 0 Å². The first-order valence-electron chi connectivity index (χ1n) is 6.85. The van der Waals surface area contributed by atoms with Gasteiger partial charge in [-0.15, -0.1) is 0 Å². The molecule has 1 aliphatic carbocycles. The van der Waals surface area contributed by atoms with Gasteiger partial charge in [0.05, 0.1) is 17.7 Å². The fourth-order valence-corrected chi connectivity index (χ4v) is 2.65. The highest BCUT2D eigenvalue weighted by atomic mass is 19.4. The van der Waals surface area contributed by atoms with Crippen molar-refractivity contribution < 1.29 is 17.9 Å². The molecule has 0 spiro atoms. The van der Waals surface area contributed by atoms with Crippen molar-refractivity contribution in [2.24, 2.45) is 5.92 Å². The maximum atomic E-state index is 12.7. The molecule has 0 unspecified atom stereocenters. The summed E-state index contributed by atoms with van der Waals surface area (Å²) in [6, 6.07) is 3.77. The number of anilines is 1. The van der Waals surface area contributed by atoms with Crippen molar-refractivity contribution in [2.75, 3.05) is 11.9 Å². The number of halogens is 3. The van der Waals surface area contributed by atoms with E-state index in [1.165, 1.54) is 0 Å². The average Bonchev–Trinajstić information content (AvgIpc) is 3.18. The molecule has 7 heteroatoms. The van der Waals surface area contributed by atoms with Gasteiger partial charge in [0, 0.05) is 6.61 Å². The predicted octanol–water partition coefficient (Wildman–Crippen LogP) is 2.95. The van der Waals surface area contributed by atoms with Gasteiger partial charge in [-0.05, 0) is 37.3 Å². The third kappa shape index (κ3) is 2.95. The summed E-state index contributed by atoms with van der Waals surface area (Å²) < 4.78 is 43.8. The summed E-state index contributed by atoms with van der Waals surface area (Å²) in [5, 5.41) is 12.0. The van der Waals surface area contributed by atoms with E-state index < -0.39 is 11.9 Å². The van der Waals surface area contributed by atoms with Gasteiger partial charge in [-0.1, -0.05) is 0 Å². The molecule has 3 rings (SSSR count). The van der Waals surface area contributed by atoms with Crippen LogP contribution in [-0.4, -0.2) is 23.7 Å². The first-order chi connectivity index (χ1) is 9.99. The van der Waals surface area contributed by atoms with Crippen molar-refractivity contribution >= 4 is 5.82 Å². The van der Waals surface area contributed by atoms with Gasteiger partial charge in [-0.3, -0.25) is 0 Å². The highest BCUT2D eigenvalue weighted by Gasteiger charge is 2.41. The minimum Gasteiger partial charge on any atom is -0.376 e. The number of aromatic nitrogens is 1. The Bertz CT molecular complexity index is 578. The Labute approximate surface area is 119 Å². The molecular weight excluding hydrogens is 283 g/mol. The lowest BCUT2D eigenvalue weighted by molar-refractivity contribution is -0.141. The number of hydrogen-bond donors (Lipinski definition) is 1. The van der Waals surface area contributed by atoms with E-state index in [9.17, 15) is 13.2 Å². The van der Waals surface area contributed by atoms with Crippen LogP contribution < -0.4 is 5.32 Å². The first kappa shape index (κ1) is 14.1. The molecule has 0 bridgehead atoms. The molecule has 0 radical (unpaired) electrons. The molecule has 1 aromatic rings. The highest BCUT2D eigenvalue weighted by molar-refractivity contribution is 5.53. The Hall–Kier alpha value is -1.81. The Morgan fingerprint density at radius 1 is 1.29 bits per heavy atom. The van der Waals surface area contributed by atoms with Crippen molar-refractivity contribution in [2.45, 2.75) is 37.6 Å². The summed E-state index contributed by atoms with van der Waals surface area (Å²) in [6.45, 7) is 0.583. The molecule has 1 aliphatic heterocycles. The zero-order valence-corrected chi connectivity index (χ0v) is 11.2. The van der Waals surface area contributed by atoms with Crippen LogP contribution in [-0.2, 0) is 10.9 Å². The van der Waals surface area contributed by atoms with Crippen LogP contribution in [0.25, 0.3) is 0 Å². The van der Waals surface area contributed by atoms with Gasteiger partial charge in [-0.2, -0.15) is 18.4 Å². The van der Waals surface area contributed by atoms with Gasteiger partial charge in [-0.25, -0.2) is 4.98 Å². The van der Waals surface area contributed by atoms with E-state index in [4.69, 9.17) is 10.00 Å². The van der Waals surface area contributed by atoms with Crippen LogP contribution in [0.2, 0.25) is 0 Å². The summed E-state index contributed by atoms with van der Waals surface area (Å²) in [4.78, 5) is 3.58. The van der Waals surface area contributed by atoms with Crippen LogP contribution in [0, 0.1) is 17.2 Å². The third-order valence-corrected chi connectivity index (χ3v) is 3.85. The quantitative estimate of drug-likeness (QED) is 0.932. The van der Waals surface area contributed by atoms with Crippen molar-refractivity contribution in [1.82, 2.24) is 4.98 Å². The number of pyridine rings is 1. The van der Waals surface area contributed by atoms with Gasteiger partial charge < -0.3 is 10.1 Å². The van der Waals surface area contributed by atoms with E-state index in [-0.39, 0.29) is 23.5 Å². The predicted molar refractivity (Wildman–Crippen MR) is 68.4 cm³/mol. The highest BCUT2D eigenvalue weighted by Crippen LogP contribution is 2.40. The van der Waals surface area contributed by atoms with E-state index in [0.717, 1.165) is 25.0 Å². The van der Waals surface area contributed by atoms with E-state index in [1.54, 1.807) is 0 Å². The molecule has 1 saturated carbocycles. The van der Waals surface area contributed by atoms with Gasteiger partial charge in [0.2, 0.25) is 0 Å². The number of ether oxygens (including phenoxy) is 1. The molecule has 1 aromatic heterocycles. The van der Waals surface area contributed by atoms with E-state index >= 15 is 0 Å². The van der Waals surface area contributed by atoms with Gasteiger partial charge >= 0.3 is 6.18 Å². The summed E-state index contributed by atoms with van der Waals surface area (Å²) in [7, 11) is 0. The van der Waals surface area contributed by atoms with Crippen LogP contribution in [0.3, 0.4) is 0 Å². The molecule has 1 saturated heterocycles. The molecule has 2 aliphatic rings. The van der Waals surface area contributed by atoms with Crippen LogP contribution in [0.15, 0.2) is 12.1 Å². The topological polar surface area (TPSA) is 57.9 Å². The fraction of sp³-hybridized carbons (Fsp3) is 0.571. The Morgan fingerprint density at radius 2 is 2.05 bits per heavy atom. The SMILES string of the molecule is N#Cc1ccc(C(F)(F)F)nc1N[C@@H]1CCO[C@@H]1C1CC1. The number of rotatable bonds is 3. The second-order valence-corrected chi connectivity index (χ2v) is 5.41. The van der Waals surface area contributed by atoms with Gasteiger partial charge in [0.25, 0.3) is 0 Å². The monoisotopic (exact) mass is 297 g/mol. The van der Waals surface area contributed by atoms with Gasteiger partial charge in [0.1, 0.15) is 17.6 Å². The summed E-state index contributed by atoms with van der Waals surface area (Å²) >= 11 is 0. The molecule has 4 nitrogen and oxygen atoms in total. The molecule has 2 atom stereocenters. The fourth-order valence-electron chi connectivity index (χ4n) is 2.65. The van der Waals surface area contributed by atoms with Crippen LogP contribution in [0.4, 0.5) is 19.0 Å². The lowest BCUT2D eigenvalue weighted by Crippen LogP contribution is -2.32. The number of nitrogens with one attached hydrogen (secondary N) is 1. The van der Waals surface area contributed by atoms with Crippen LogP contribution >= 0.6 is 0 Å². The molecule has 21 heavy (non-hydrogen) atoms. The summed E-state index contributed by atoms with van der Waals surface area (Å²) in [6.07, 6.45) is -1.63. The molecule has 0 aromatic carbocycles. The molecule has 1 N–H and O–H groups in total. The van der Waals surface area contributed by atoms with Gasteiger partial charge in [0.15, 0.2) is 0 Å². The van der Waals surface area contributed by atoms with Crippen molar-refractivity contribution in [3.8, 4) is 6.07 Å². The summed E-state index contributed by atoms with van der Waals surface area (Å²) in [5.74, 6) is 0.467. The van der Waals surface area contributed by atoms with Crippen molar-refractivity contribution in [1.29, 1.82) is 5.26 Å². The third-order valence-electron chi connectivity index (χ3n) is 3.85. The average molecular weight is 297 g/mol. The molecular formula is C14H14F3N3O. The number of hydrogen-bond acceptors (Lipinski definition) is 4. The lowest BCUT2D eigenvalue weighted by atomic mass is 10.1. The van der Waals surface area contributed by atoms with E-state index in [0.29, 0.717) is 18.9 Å². The van der Waals surface area contributed by atoms with E-state index in [1.807, 2.05) is 6.07 Å². The molecule has 2 heterocycles. The summed E-state index contributed by atoms with van der Waals surface area (Å²) in [5.41, 5.74) is -0.879. The standard InChI is InChI=1S/C14H14F3N3O/c15-14(16,17)11-4-3-9(7-18)13(20-11)19-10-5-6-21-12(10)8-1-2-8/h3-4,8,10,12H,1-2,5-6H2,(H,19,20)/t10-,12-/m1/s1. The minimum atomic E-state index is -4.52. The zero-order chi connectivity index (χ0) is 15.0. The lowest BCUT2D eigenvalue weighted by Gasteiger charge is -2.21. The van der Waals surface area contributed by atoms with E-state index in [2.05, 4.69) is 10.3 Å². The second-order valence-electron chi connectivity index (χ2n) is 5.41. The maximum absolute atomic E-state index is 12.7. The normalized spacial score (nSPS) is 25.6. The number of nitriles is 1. The Morgan fingerprint density at radius 3 is 2.67 bits per heavy atom. The zero-order valence-electron chi connectivity index (χ0n) is 11.2. The Kier molecular flexibility index (Phi) is 3.49. The Balaban J connectivity index is 1.84. The first-order valence-corrected chi connectivity index (χ1v) is 6.85. The minimum absolute atomic E-state index is 0.00604. The molecule has 0 amide bonds. The smallest absolute Gasteiger partial charge is 0.376 e. The maximum Gasteiger partial charge on any atom is 0.433 e.